The van der Waals surface area contributed by atoms with Crippen molar-refractivity contribution in [2.75, 3.05) is 4.90 Å². The first-order valence-corrected chi connectivity index (χ1v) is 9.33. The van der Waals surface area contributed by atoms with Gasteiger partial charge in [0.15, 0.2) is 11.4 Å². The first kappa shape index (κ1) is 18.4. The molecular formula is C23H18ClNO3. The van der Waals surface area contributed by atoms with Gasteiger partial charge in [0, 0.05) is 16.1 Å². The lowest BCUT2D eigenvalue weighted by Gasteiger charge is -2.23. The molecule has 0 bridgehead atoms. The van der Waals surface area contributed by atoms with Crippen LogP contribution in [0.4, 0.5) is 5.69 Å². The minimum absolute atomic E-state index is 0.262. The first-order chi connectivity index (χ1) is 13.5. The molecule has 28 heavy (non-hydrogen) atoms. The van der Waals surface area contributed by atoms with Gasteiger partial charge in [-0.2, -0.15) is 0 Å². The Bertz CT molecular complexity index is 1050. The molecule has 1 heterocycles. The van der Waals surface area contributed by atoms with Gasteiger partial charge >= 0.3 is 0 Å². The van der Waals surface area contributed by atoms with Gasteiger partial charge in [-0.25, -0.2) is 0 Å². The quantitative estimate of drug-likeness (QED) is 0.658. The predicted molar refractivity (Wildman–Crippen MR) is 108 cm³/mol. The van der Waals surface area contributed by atoms with Crippen LogP contribution in [0.15, 0.2) is 78.9 Å². The topological polar surface area (TPSA) is 57.6 Å². The number of halogens is 1. The van der Waals surface area contributed by atoms with E-state index in [1.165, 1.54) is 4.90 Å². The molecule has 1 amide bonds. The molecule has 0 unspecified atom stereocenters. The van der Waals surface area contributed by atoms with Crippen LogP contribution in [0, 0.1) is 0 Å². The molecule has 0 spiro atoms. The highest BCUT2D eigenvalue weighted by molar-refractivity contribution is 6.30. The minimum Gasteiger partial charge on any atom is -0.375 e. The monoisotopic (exact) mass is 391 g/mol. The Morgan fingerprint density at radius 3 is 2.43 bits per heavy atom. The number of rotatable bonds is 5. The molecule has 0 fully saturated rings. The van der Waals surface area contributed by atoms with E-state index in [9.17, 15) is 14.7 Å². The first-order valence-electron chi connectivity index (χ1n) is 8.95. The van der Waals surface area contributed by atoms with Crippen LogP contribution in [0.1, 0.15) is 27.9 Å². The van der Waals surface area contributed by atoms with E-state index in [0.29, 0.717) is 21.8 Å². The number of amides is 1. The zero-order chi connectivity index (χ0) is 19.7. The molecule has 1 aliphatic rings. The fourth-order valence-electron chi connectivity index (χ4n) is 3.61. The molecule has 3 aromatic rings. The number of nitrogens with zero attached hydrogens (tertiary/aromatic N) is 1. The lowest BCUT2D eigenvalue weighted by molar-refractivity contribution is -0.136. The molecule has 0 aromatic heterocycles. The number of para-hydroxylation sites is 1. The van der Waals surface area contributed by atoms with E-state index in [-0.39, 0.29) is 18.7 Å². The summed E-state index contributed by atoms with van der Waals surface area (Å²) in [6.45, 7) is 0.262. The SMILES string of the molecule is O=C(C[C@]1(O)C(=O)N(Cc2cccc(Cl)c2)c2ccccc21)c1ccccc1. The number of carbonyl (C=O) groups excluding carboxylic acids is 2. The highest BCUT2D eigenvalue weighted by Gasteiger charge is 2.50. The smallest absolute Gasteiger partial charge is 0.264 e. The number of hydrogen-bond acceptors (Lipinski definition) is 3. The fourth-order valence-corrected chi connectivity index (χ4v) is 3.82. The van der Waals surface area contributed by atoms with Crippen molar-refractivity contribution in [3.05, 3.63) is 101 Å². The van der Waals surface area contributed by atoms with Crippen molar-refractivity contribution in [1.82, 2.24) is 0 Å². The number of hydrogen-bond donors (Lipinski definition) is 1. The number of anilines is 1. The standard InChI is InChI=1S/C23H18ClNO3/c24-18-10-6-7-16(13-18)15-25-20-12-5-4-11-19(20)23(28,22(25)27)14-21(26)17-8-2-1-3-9-17/h1-13,28H,14-15H2/t23-/m1/s1. The van der Waals surface area contributed by atoms with Gasteiger partial charge in [-0.3, -0.25) is 9.59 Å². The number of fused-ring (bicyclic) bond motifs is 1. The average molecular weight is 392 g/mol. The summed E-state index contributed by atoms with van der Waals surface area (Å²) in [5.41, 5.74) is 0.480. The maximum Gasteiger partial charge on any atom is 0.264 e. The van der Waals surface area contributed by atoms with Crippen LogP contribution in [0.5, 0.6) is 0 Å². The second-order valence-electron chi connectivity index (χ2n) is 6.86. The van der Waals surface area contributed by atoms with Crippen molar-refractivity contribution >= 4 is 29.0 Å². The maximum absolute atomic E-state index is 13.2. The Hall–Kier alpha value is -2.95. The van der Waals surface area contributed by atoms with Gasteiger partial charge < -0.3 is 10.0 Å². The molecule has 0 saturated carbocycles. The van der Waals surface area contributed by atoms with E-state index in [4.69, 9.17) is 11.6 Å². The van der Waals surface area contributed by atoms with Gasteiger partial charge in [0.25, 0.3) is 5.91 Å². The van der Waals surface area contributed by atoms with E-state index >= 15 is 0 Å². The molecule has 1 atom stereocenters. The molecule has 140 valence electrons. The summed E-state index contributed by atoms with van der Waals surface area (Å²) in [6, 6.07) is 23.0. The van der Waals surface area contributed by atoms with Gasteiger partial charge in [0.1, 0.15) is 0 Å². The maximum atomic E-state index is 13.2. The van der Waals surface area contributed by atoms with Crippen LogP contribution in [0.3, 0.4) is 0 Å². The third kappa shape index (κ3) is 3.21. The Morgan fingerprint density at radius 2 is 1.68 bits per heavy atom. The summed E-state index contributed by atoms with van der Waals surface area (Å²) in [4.78, 5) is 27.5. The van der Waals surface area contributed by atoms with Gasteiger partial charge in [-0.1, -0.05) is 72.3 Å². The van der Waals surface area contributed by atoms with Crippen LogP contribution in [0.25, 0.3) is 0 Å². The molecule has 1 aliphatic heterocycles. The molecule has 3 aromatic carbocycles. The van der Waals surface area contributed by atoms with Crippen molar-refractivity contribution in [3.8, 4) is 0 Å². The summed E-state index contributed by atoms with van der Waals surface area (Å²) < 4.78 is 0. The molecule has 0 saturated heterocycles. The Balaban J connectivity index is 1.69. The zero-order valence-corrected chi connectivity index (χ0v) is 15.8. The second kappa shape index (κ2) is 7.23. The molecule has 5 heteroatoms. The number of Topliss-reactive ketones (excluding diaryl/α,β-unsaturated/α-hetero) is 1. The van der Waals surface area contributed by atoms with Crippen molar-refractivity contribution in [2.45, 2.75) is 18.6 Å². The van der Waals surface area contributed by atoms with E-state index < -0.39 is 11.5 Å². The molecule has 0 aliphatic carbocycles. The molecule has 1 N–H and O–H groups in total. The van der Waals surface area contributed by atoms with Crippen LogP contribution in [-0.2, 0) is 16.9 Å². The molecule has 0 radical (unpaired) electrons. The second-order valence-corrected chi connectivity index (χ2v) is 7.30. The lowest BCUT2D eigenvalue weighted by Crippen LogP contribution is -2.41. The number of aliphatic hydroxyl groups is 1. The van der Waals surface area contributed by atoms with Crippen molar-refractivity contribution in [2.24, 2.45) is 0 Å². The fraction of sp³-hybridized carbons (Fsp3) is 0.130. The zero-order valence-electron chi connectivity index (χ0n) is 15.0. The average Bonchev–Trinajstić information content (AvgIpc) is 2.91. The molecule has 4 rings (SSSR count). The third-order valence-electron chi connectivity index (χ3n) is 4.98. The molecule has 4 nitrogen and oxygen atoms in total. The van der Waals surface area contributed by atoms with Crippen LogP contribution in [0.2, 0.25) is 5.02 Å². The Kier molecular flexibility index (Phi) is 4.75. The van der Waals surface area contributed by atoms with Crippen molar-refractivity contribution in [3.63, 3.8) is 0 Å². The Morgan fingerprint density at radius 1 is 0.964 bits per heavy atom. The number of carbonyl (C=O) groups is 2. The summed E-state index contributed by atoms with van der Waals surface area (Å²) in [6.07, 6.45) is -0.307. The van der Waals surface area contributed by atoms with Gasteiger partial charge in [0.2, 0.25) is 0 Å². The summed E-state index contributed by atoms with van der Waals surface area (Å²) in [5.74, 6) is -0.784. The van der Waals surface area contributed by atoms with E-state index in [1.807, 2.05) is 24.3 Å². The van der Waals surface area contributed by atoms with Crippen LogP contribution >= 0.6 is 11.6 Å². The Labute approximate surface area is 168 Å². The predicted octanol–water partition coefficient (Wildman–Crippen LogP) is 4.35. The normalized spacial score (nSPS) is 18.2. The van der Waals surface area contributed by atoms with E-state index in [2.05, 4.69) is 0 Å². The van der Waals surface area contributed by atoms with E-state index in [0.717, 1.165) is 5.56 Å². The summed E-state index contributed by atoms with van der Waals surface area (Å²) >= 11 is 6.06. The van der Waals surface area contributed by atoms with Gasteiger partial charge in [-0.05, 0) is 23.8 Å². The van der Waals surface area contributed by atoms with Crippen molar-refractivity contribution in [1.29, 1.82) is 0 Å². The third-order valence-corrected chi connectivity index (χ3v) is 5.22. The van der Waals surface area contributed by atoms with Crippen LogP contribution < -0.4 is 4.90 Å². The summed E-state index contributed by atoms with van der Waals surface area (Å²) in [5, 5.41) is 11.9. The minimum atomic E-state index is -1.89. The largest absolute Gasteiger partial charge is 0.375 e. The summed E-state index contributed by atoms with van der Waals surface area (Å²) in [7, 11) is 0. The van der Waals surface area contributed by atoms with Gasteiger partial charge in [0.05, 0.1) is 18.7 Å². The highest BCUT2D eigenvalue weighted by atomic mass is 35.5. The molecular weight excluding hydrogens is 374 g/mol. The van der Waals surface area contributed by atoms with E-state index in [1.54, 1.807) is 54.6 Å². The number of benzene rings is 3. The van der Waals surface area contributed by atoms with Crippen LogP contribution in [-0.4, -0.2) is 16.8 Å². The van der Waals surface area contributed by atoms with Crippen molar-refractivity contribution < 1.29 is 14.7 Å². The highest BCUT2D eigenvalue weighted by Crippen LogP contribution is 2.43. The lowest BCUT2D eigenvalue weighted by atomic mass is 9.88. The van der Waals surface area contributed by atoms with Gasteiger partial charge in [-0.15, -0.1) is 0 Å². The number of ketones is 1.